The summed E-state index contributed by atoms with van der Waals surface area (Å²) in [5.41, 5.74) is -2.34. The predicted octanol–water partition coefficient (Wildman–Crippen LogP) is 0.294. The molecule has 90 valence electrons. The first-order chi connectivity index (χ1) is 7.92. The van der Waals surface area contributed by atoms with Crippen molar-refractivity contribution < 1.29 is 15.0 Å². The zero-order valence-electron chi connectivity index (χ0n) is 8.95. The number of carbonyl (C=O) groups is 1. The molecule has 0 bridgehead atoms. The zero-order valence-corrected chi connectivity index (χ0v) is 9.77. The normalized spacial score (nSPS) is 14.7. The summed E-state index contributed by atoms with van der Waals surface area (Å²) < 4.78 is 1.10. The van der Waals surface area contributed by atoms with Crippen molar-refractivity contribution >= 4 is 27.5 Å². The fourth-order valence-electron chi connectivity index (χ4n) is 1.41. The number of aromatic nitrogens is 2. The highest BCUT2D eigenvalue weighted by atomic mass is 32.1. The second-order valence-electron chi connectivity index (χ2n) is 3.90. The van der Waals surface area contributed by atoms with Gasteiger partial charge in [-0.1, -0.05) is 0 Å². The number of aliphatic carboxylic acids is 1. The van der Waals surface area contributed by atoms with Crippen molar-refractivity contribution in [2.24, 2.45) is 0 Å². The number of carboxylic acid groups (broad SMARTS) is 1. The lowest BCUT2D eigenvalue weighted by atomic mass is 10.1. The Morgan fingerprint density at radius 2 is 2.35 bits per heavy atom. The number of nitrogens with zero attached hydrogens (tertiary/aromatic N) is 2. The molecule has 2 aromatic rings. The summed E-state index contributed by atoms with van der Waals surface area (Å²) in [6.07, 6.45) is 1.25. The molecule has 0 spiro atoms. The predicted molar refractivity (Wildman–Crippen MR) is 62.1 cm³/mol. The van der Waals surface area contributed by atoms with Gasteiger partial charge in [0.15, 0.2) is 5.60 Å². The van der Waals surface area contributed by atoms with E-state index in [4.69, 9.17) is 5.11 Å². The Morgan fingerprint density at radius 1 is 1.65 bits per heavy atom. The molecule has 0 aliphatic rings. The van der Waals surface area contributed by atoms with Crippen LogP contribution in [0.2, 0.25) is 0 Å². The van der Waals surface area contributed by atoms with Crippen molar-refractivity contribution in [2.75, 3.05) is 0 Å². The van der Waals surface area contributed by atoms with Gasteiger partial charge in [-0.3, -0.25) is 9.36 Å². The minimum atomic E-state index is -1.99. The lowest BCUT2D eigenvalue weighted by Gasteiger charge is -2.18. The second kappa shape index (κ2) is 3.94. The van der Waals surface area contributed by atoms with Gasteiger partial charge >= 0.3 is 5.97 Å². The summed E-state index contributed by atoms with van der Waals surface area (Å²) >= 11 is 1.33. The van der Waals surface area contributed by atoms with Crippen LogP contribution in [0.5, 0.6) is 0 Å². The number of hydrogen-bond donors (Lipinski definition) is 2. The van der Waals surface area contributed by atoms with E-state index < -0.39 is 11.6 Å². The zero-order chi connectivity index (χ0) is 12.6. The van der Waals surface area contributed by atoms with Crippen LogP contribution in [0.15, 0.2) is 22.6 Å². The van der Waals surface area contributed by atoms with Crippen molar-refractivity contribution in [1.29, 1.82) is 0 Å². The minimum Gasteiger partial charge on any atom is -0.479 e. The fraction of sp³-hybridized carbons (Fsp3) is 0.300. The molecule has 2 rings (SSSR count). The molecule has 6 nitrogen and oxygen atoms in total. The Morgan fingerprint density at radius 3 is 3.00 bits per heavy atom. The first-order valence-corrected chi connectivity index (χ1v) is 5.68. The van der Waals surface area contributed by atoms with Crippen LogP contribution in [0, 0.1) is 0 Å². The third kappa shape index (κ3) is 2.06. The maximum Gasteiger partial charge on any atom is 0.337 e. The topological polar surface area (TPSA) is 92.4 Å². The molecule has 1 atom stereocenters. The summed E-state index contributed by atoms with van der Waals surface area (Å²) in [4.78, 5) is 27.3. The highest BCUT2D eigenvalue weighted by Gasteiger charge is 2.31. The van der Waals surface area contributed by atoms with E-state index in [2.05, 4.69) is 4.98 Å². The molecule has 0 aliphatic heterocycles. The lowest BCUT2D eigenvalue weighted by molar-refractivity contribution is -0.157. The third-order valence-corrected chi connectivity index (χ3v) is 3.21. The van der Waals surface area contributed by atoms with Gasteiger partial charge in [0.25, 0.3) is 5.56 Å². The average Bonchev–Trinajstić information content (AvgIpc) is 2.70. The van der Waals surface area contributed by atoms with E-state index in [1.807, 2.05) is 0 Å². The Balaban J connectivity index is 2.47. The highest BCUT2D eigenvalue weighted by Crippen LogP contribution is 2.14. The van der Waals surface area contributed by atoms with Gasteiger partial charge in [-0.2, -0.15) is 0 Å². The Kier molecular flexibility index (Phi) is 2.72. The van der Waals surface area contributed by atoms with Gasteiger partial charge in [0.1, 0.15) is 4.83 Å². The van der Waals surface area contributed by atoms with Crippen LogP contribution < -0.4 is 5.56 Å². The molecule has 0 fully saturated rings. The van der Waals surface area contributed by atoms with Gasteiger partial charge in [0.2, 0.25) is 0 Å². The maximum absolute atomic E-state index is 11.9. The van der Waals surface area contributed by atoms with Crippen LogP contribution >= 0.6 is 11.3 Å². The van der Waals surface area contributed by atoms with Gasteiger partial charge in [-0.05, 0) is 18.4 Å². The number of carboxylic acids is 1. The maximum atomic E-state index is 11.9. The summed E-state index contributed by atoms with van der Waals surface area (Å²) in [6.45, 7) is 0.805. The van der Waals surface area contributed by atoms with E-state index in [-0.39, 0.29) is 12.1 Å². The monoisotopic (exact) mass is 254 g/mol. The summed E-state index contributed by atoms with van der Waals surface area (Å²) in [6, 6.07) is 1.63. The Bertz CT molecular complexity index is 629. The van der Waals surface area contributed by atoms with Crippen LogP contribution in [-0.4, -0.2) is 31.3 Å². The van der Waals surface area contributed by atoms with Crippen molar-refractivity contribution in [3.63, 3.8) is 0 Å². The fourth-order valence-corrected chi connectivity index (χ4v) is 2.13. The third-order valence-electron chi connectivity index (χ3n) is 2.39. The standard InChI is InChI=1S/C10H10N2O4S/c1-10(16,9(14)15)4-12-5-11-7-6(8(12)13)2-3-17-7/h2-3,5,16H,4H2,1H3,(H,14,15). The first-order valence-electron chi connectivity index (χ1n) is 4.80. The van der Waals surface area contributed by atoms with E-state index in [1.165, 1.54) is 17.7 Å². The van der Waals surface area contributed by atoms with E-state index in [0.717, 1.165) is 11.5 Å². The number of thiophene rings is 1. The number of rotatable bonds is 3. The molecule has 7 heteroatoms. The lowest BCUT2D eigenvalue weighted by Crippen LogP contribution is -2.42. The SMILES string of the molecule is CC(O)(Cn1cnc2sccc2c1=O)C(=O)O. The van der Waals surface area contributed by atoms with Gasteiger partial charge < -0.3 is 10.2 Å². The van der Waals surface area contributed by atoms with E-state index in [0.29, 0.717) is 10.2 Å². The van der Waals surface area contributed by atoms with Crippen LogP contribution in [0.25, 0.3) is 10.2 Å². The number of aliphatic hydroxyl groups is 1. The van der Waals surface area contributed by atoms with Crippen molar-refractivity contribution in [3.8, 4) is 0 Å². The molecule has 1 unspecified atom stereocenters. The quantitative estimate of drug-likeness (QED) is 0.821. The van der Waals surface area contributed by atoms with Crippen LogP contribution in [0.1, 0.15) is 6.92 Å². The molecule has 0 saturated heterocycles. The smallest absolute Gasteiger partial charge is 0.337 e. The summed E-state index contributed by atoms with van der Waals surface area (Å²) in [7, 11) is 0. The molecule has 2 aromatic heterocycles. The van der Waals surface area contributed by atoms with Crippen LogP contribution in [0.4, 0.5) is 0 Å². The number of hydrogen-bond acceptors (Lipinski definition) is 5. The van der Waals surface area contributed by atoms with Crippen molar-refractivity contribution in [3.05, 3.63) is 28.1 Å². The van der Waals surface area contributed by atoms with Gasteiger partial charge in [0, 0.05) is 0 Å². The highest BCUT2D eigenvalue weighted by molar-refractivity contribution is 7.16. The van der Waals surface area contributed by atoms with Gasteiger partial charge in [0.05, 0.1) is 18.3 Å². The van der Waals surface area contributed by atoms with Crippen LogP contribution in [-0.2, 0) is 11.3 Å². The van der Waals surface area contributed by atoms with E-state index in [9.17, 15) is 14.7 Å². The molecule has 2 N–H and O–H groups in total. The molecule has 2 heterocycles. The van der Waals surface area contributed by atoms with E-state index in [1.54, 1.807) is 11.4 Å². The minimum absolute atomic E-state index is 0.333. The molecular weight excluding hydrogens is 244 g/mol. The van der Waals surface area contributed by atoms with Crippen LogP contribution in [0.3, 0.4) is 0 Å². The first kappa shape index (κ1) is 11.7. The molecule has 0 aliphatic carbocycles. The van der Waals surface area contributed by atoms with Gasteiger partial charge in [-0.25, -0.2) is 9.78 Å². The number of fused-ring (bicyclic) bond motifs is 1. The summed E-state index contributed by atoms with van der Waals surface area (Å²) in [5.74, 6) is -1.38. The average molecular weight is 254 g/mol. The van der Waals surface area contributed by atoms with Crippen molar-refractivity contribution in [1.82, 2.24) is 9.55 Å². The molecule has 17 heavy (non-hydrogen) atoms. The van der Waals surface area contributed by atoms with E-state index >= 15 is 0 Å². The largest absolute Gasteiger partial charge is 0.479 e. The molecule has 0 saturated carbocycles. The Hall–Kier alpha value is -1.73. The molecule has 0 aromatic carbocycles. The van der Waals surface area contributed by atoms with Gasteiger partial charge in [-0.15, -0.1) is 11.3 Å². The second-order valence-corrected chi connectivity index (χ2v) is 4.79. The van der Waals surface area contributed by atoms with Crippen molar-refractivity contribution in [2.45, 2.75) is 19.1 Å². The molecule has 0 amide bonds. The molecule has 0 radical (unpaired) electrons. The summed E-state index contributed by atoms with van der Waals surface area (Å²) in [5, 5.41) is 20.6. The molecular formula is C10H10N2O4S. The Labute approximate surface area is 99.8 Å².